The highest BCUT2D eigenvalue weighted by atomic mass is 79.9. The lowest BCUT2D eigenvalue weighted by Gasteiger charge is -2.10. The van der Waals surface area contributed by atoms with Crippen LogP contribution in [0.5, 0.6) is 0 Å². The highest BCUT2D eigenvalue weighted by Crippen LogP contribution is 2.25. The normalized spacial score (nSPS) is 11.0. The molecule has 23 heavy (non-hydrogen) atoms. The third-order valence-corrected chi connectivity index (χ3v) is 5.26. The van der Waals surface area contributed by atoms with Crippen molar-refractivity contribution in [1.29, 1.82) is 0 Å². The molecule has 0 aliphatic rings. The van der Waals surface area contributed by atoms with E-state index in [9.17, 15) is 18.0 Å². The van der Waals surface area contributed by atoms with Crippen molar-refractivity contribution in [3.05, 3.63) is 58.1 Å². The van der Waals surface area contributed by atoms with Gasteiger partial charge in [0, 0.05) is 15.7 Å². The maximum atomic E-state index is 12.4. The molecule has 0 saturated carbocycles. The van der Waals surface area contributed by atoms with E-state index in [0.717, 1.165) is 6.07 Å². The van der Waals surface area contributed by atoms with Gasteiger partial charge in [0.2, 0.25) is 5.91 Å². The topological polar surface area (TPSA) is 127 Å². The van der Waals surface area contributed by atoms with Crippen LogP contribution in [0, 0.1) is 0 Å². The first-order valence-corrected chi connectivity index (χ1v) is 8.44. The lowest BCUT2D eigenvalue weighted by atomic mass is 10.2. The molecular formula is C14H11BrN2O5S. The number of nitrogens with two attached hydrogens (primary N) is 1. The molecule has 0 saturated heterocycles. The minimum Gasteiger partial charge on any atom is -0.478 e. The zero-order valence-electron chi connectivity index (χ0n) is 11.5. The smallest absolute Gasteiger partial charge is 0.335 e. The summed E-state index contributed by atoms with van der Waals surface area (Å²) in [5.74, 6) is -1.86. The fourth-order valence-electron chi connectivity index (χ4n) is 1.75. The predicted molar refractivity (Wildman–Crippen MR) is 86.9 cm³/mol. The Morgan fingerprint density at radius 2 is 1.61 bits per heavy atom. The monoisotopic (exact) mass is 398 g/mol. The number of sulfonamides is 1. The fourth-order valence-corrected chi connectivity index (χ4v) is 3.80. The Kier molecular flexibility index (Phi) is 4.71. The number of benzene rings is 2. The molecule has 4 N–H and O–H groups in total. The Morgan fingerprint density at radius 3 is 2.13 bits per heavy atom. The van der Waals surface area contributed by atoms with Crippen LogP contribution in [-0.4, -0.2) is 25.4 Å². The molecule has 120 valence electrons. The van der Waals surface area contributed by atoms with E-state index in [1.807, 2.05) is 0 Å². The second kappa shape index (κ2) is 6.39. The summed E-state index contributed by atoms with van der Waals surface area (Å²) in [4.78, 5) is 21.8. The molecule has 0 aromatic heterocycles. The molecule has 7 nitrogen and oxygen atoms in total. The van der Waals surface area contributed by atoms with Gasteiger partial charge >= 0.3 is 5.97 Å². The third-order valence-electron chi connectivity index (χ3n) is 2.89. The van der Waals surface area contributed by atoms with Gasteiger partial charge in [0.15, 0.2) is 0 Å². The Hall–Kier alpha value is -2.39. The number of primary amides is 1. The van der Waals surface area contributed by atoms with Crippen LogP contribution in [0.4, 0.5) is 5.69 Å². The molecule has 0 radical (unpaired) electrons. The van der Waals surface area contributed by atoms with Crippen molar-refractivity contribution in [3.8, 4) is 0 Å². The number of aromatic carboxylic acids is 1. The fraction of sp³-hybridized carbons (Fsp3) is 0. The van der Waals surface area contributed by atoms with E-state index in [1.54, 1.807) is 0 Å². The minimum absolute atomic E-state index is 0.155. The van der Waals surface area contributed by atoms with E-state index in [-0.39, 0.29) is 26.2 Å². The molecular weight excluding hydrogens is 388 g/mol. The van der Waals surface area contributed by atoms with E-state index in [0.29, 0.717) is 0 Å². The second-order valence-electron chi connectivity index (χ2n) is 4.50. The SMILES string of the molecule is NC(=O)c1ccc(NS(=O)(=O)c2cc(C(=O)O)ccc2Br)cc1. The zero-order valence-corrected chi connectivity index (χ0v) is 13.9. The van der Waals surface area contributed by atoms with E-state index in [1.165, 1.54) is 36.4 Å². The van der Waals surface area contributed by atoms with Gasteiger partial charge in [-0.1, -0.05) is 0 Å². The maximum Gasteiger partial charge on any atom is 0.335 e. The van der Waals surface area contributed by atoms with Crippen LogP contribution < -0.4 is 10.5 Å². The second-order valence-corrected chi connectivity index (χ2v) is 7.00. The Morgan fingerprint density at radius 1 is 1.04 bits per heavy atom. The van der Waals surface area contributed by atoms with Crippen molar-refractivity contribution < 1.29 is 23.1 Å². The van der Waals surface area contributed by atoms with Crippen LogP contribution in [0.3, 0.4) is 0 Å². The van der Waals surface area contributed by atoms with Crippen LogP contribution in [0.1, 0.15) is 20.7 Å². The number of carboxylic acids is 1. The zero-order chi connectivity index (χ0) is 17.2. The van der Waals surface area contributed by atoms with Crippen molar-refractivity contribution >= 4 is 43.5 Å². The van der Waals surface area contributed by atoms with Crippen molar-refractivity contribution in [2.24, 2.45) is 5.73 Å². The summed E-state index contributed by atoms with van der Waals surface area (Å²) in [5.41, 5.74) is 5.40. The molecule has 0 heterocycles. The quantitative estimate of drug-likeness (QED) is 0.709. The molecule has 0 aliphatic carbocycles. The van der Waals surface area contributed by atoms with Crippen molar-refractivity contribution in [2.75, 3.05) is 4.72 Å². The number of carbonyl (C=O) groups excluding carboxylic acids is 1. The van der Waals surface area contributed by atoms with E-state index >= 15 is 0 Å². The van der Waals surface area contributed by atoms with Gasteiger partial charge in [-0.05, 0) is 58.4 Å². The van der Waals surface area contributed by atoms with Gasteiger partial charge in [0.05, 0.1) is 5.56 Å². The summed E-state index contributed by atoms with van der Waals surface area (Å²) in [7, 11) is -4.01. The lowest BCUT2D eigenvalue weighted by molar-refractivity contribution is 0.0696. The van der Waals surface area contributed by atoms with Gasteiger partial charge < -0.3 is 10.8 Å². The number of hydrogen-bond donors (Lipinski definition) is 3. The highest BCUT2D eigenvalue weighted by Gasteiger charge is 2.20. The average Bonchev–Trinajstić information content (AvgIpc) is 2.47. The summed E-state index contributed by atoms with van der Waals surface area (Å²) >= 11 is 3.09. The van der Waals surface area contributed by atoms with Crippen LogP contribution >= 0.6 is 15.9 Å². The number of carbonyl (C=O) groups is 2. The first-order chi connectivity index (χ1) is 10.7. The molecule has 0 bridgehead atoms. The van der Waals surface area contributed by atoms with Crippen LogP contribution in [-0.2, 0) is 10.0 Å². The number of anilines is 1. The number of amides is 1. The van der Waals surface area contributed by atoms with Crippen LogP contribution in [0.25, 0.3) is 0 Å². The van der Waals surface area contributed by atoms with Gasteiger partial charge in [0.1, 0.15) is 4.90 Å². The standard InChI is InChI=1S/C14H11BrN2O5S/c15-11-6-3-9(14(19)20)7-12(11)23(21,22)17-10-4-1-8(2-5-10)13(16)18/h1-7,17H,(H2,16,18)(H,19,20). The van der Waals surface area contributed by atoms with Crippen molar-refractivity contribution in [3.63, 3.8) is 0 Å². The molecule has 1 amide bonds. The molecule has 2 aromatic carbocycles. The van der Waals surface area contributed by atoms with E-state index in [2.05, 4.69) is 20.7 Å². The molecule has 2 aromatic rings. The minimum atomic E-state index is -4.01. The predicted octanol–water partition coefficient (Wildman–Crippen LogP) is 2.05. The average molecular weight is 399 g/mol. The molecule has 0 atom stereocenters. The third kappa shape index (κ3) is 3.88. The molecule has 0 unspecified atom stereocenters. The van der Waals surface area contributed by atoms with Gasteiger partial charge in [-0.3, -0.25) is 9.52 Å². The summed E-state index contributed by atoms with van der Waals surface area (Å²) in [6.07, 6.45) is 0. The number of carboxylic acid groups (broad SMARTS) is 1. The van der Waals surface area contributed by atoms with Gasteiger partial charge in [-0.25, -0.2) is 13.2 Å². The Balaban J connectivity index is 2.37. The first kappa shape index (κ1) is 17.0. The highest BCUT2D eigenvalue weighted by molar-refractivity contribution is 9.10. The molecule has 9 heteroatoms. The Labute approximate surface area is 140 Å². The molecule has 2 rings (SSSR count). The summed E-state index contributed by atoms with van der Waals surface area (Å²) in [6.45, 7) is 0. The van der Waals surface area contributed by atoms with Crippen LogP contribution in [0.15, 0.2) is 51.8 Å². The van der Waals surface area contributed by atoms with Gasteiger partial charge in [-0.2, -0.15) is 0 Å². The first-order valence-electron chi connectivity index (χ1n) is 6.16. The van der Waals surface area contributed by atoms with Crippen molar-refractivity contribution in [2.45, 2.75) is 4.90 Å². The maximum absolute atomic E-state index is 12.4. The molecule has 0 fully saturated rings. The molecule has 0 aliphatic heterocycles. The number of nitrogens with one attached hydrogen (secondary N) is 1. The van der Waals surface area contributed by atoms with Gasteiger partial charge in [-0.15, -0.1) is 0 Å². The number of halogens is 1. The van der Waals surface area contributed by atoms with Gasteiger partial charge in [0.25, 0.3) is 10.0 Å². The lowest BCUT2D eigenvalue weighted by Crippen LogP contribution is -2.15. The molecule has 0 spiro atoms. The Bertz CT molecular complexity index is 879. The number of hydrogen-bond acceptors (Lipinski definition) is 4. The summed E-state index contributed by atoms with van der Waals surface area (Å²) in [5, 5.41) is 8.96. The largest absolute Gasteiger partial charge is 0.478 e. The number of rotatable bonds is 5. The summed E-state index contributed by atoms with van der Waals surface area (Å²) in [6, 6.07) is 9.19. The van der Waals surface area contributed by atoms with E-state index < -0.39 is 21.9 Å². The van der Waals surface area contributed by atoms with Crippen molar-refractivity contribution in [1.82, 2.24) is 0 Å². The van der Waals surface area contributed by atoms with E-state index in [4.69, 9.17) is 10.8 Å². The summed E-state index contributed by atoms with van der Waals surface area (Å²) < 4.78 is 27.3. The van der Waals surface area contributed by atoms with Crippen LogP contribution in [0.2, 0.25) is 0 Å².